The van der Waals surface area contributed by atoms with Crippen LogP contribution in [-0.4, -0.2) is 54.4 Å². The summed E-state index contributed by atoms with van der Waals surface area (Å²) in [7, 11) is 1.58. The molecular formula is C12H22N2O4. The molecule has 0 aromatic carbocycles. The molecule has 0 unspecified atom stereocenters. The molecule has 1 fully saturated rings. The Balaban J connectivity index is 2.53. The Bertz CT molecular complexity index is 317. The molecule has 1 rings (SSSR count). The van der Waals surface area contributed by atoms with Crippen LogP contribution in [0.5, 0.6) is 0 Å². The molecule has 1 aliphatic rings. The number of carbonyl (C=O) groups is 2. The number of urea groups is 1. The first kappa shape index (κ1) is 14.8. The highest BCUT2D eigenvalue weighted by atomic mass is 16.5. The average molecular weight is 258 g/mol. The Morgan fingerprint density at radius 2 is 2.17 bits per heavy atom. The number of piperidine rings is 1. The second kappa shape index (κ2) is 6.04. The van der Waals surface area contributed by atoms with Gasteiger partial charge in [0.15, 0.2) is 0 Å². The van der Waals surface area contributed by atoms with E-state index in [1.165, 1.54) is 0 Å². The molecule has 2 amide bonds. The van der Waals surface area contributed by atoms with E-state index in [4.69, 9.17) is 9.84 Å². The van der Waals surface area contributed by atoms with Gasteiger partial charge in [-0.1, -0.05) is 0 Å². The molecule has 0 radical (unpaired) electrons. The number of hydrogen-bond donors (Lipinski definition) is 2. The molecule has 1 aliphatic heterocycles. The summed E-state index contributed by atoms with van der Waals surface area (Å²) < 4.78 is 5.03. The molecule has 1 heterocycles. The van der Waals surface area contributed by atoms with E-state index in [2.05, 4.69) is 5.32 Å². The van der Waals surface area contributed by atoms with Crippen molar-refractivity contribution >= 4 is 12.0 Å². The second-order valence-electron chi connectivity index (χ2n) is 5.37. The summed E-state index contributed by atoms with van der Waals surface area (Å²) in [5.74, 6) is -1.28. The fourth-order valence-electron chi connectivity index (χ4n) is 2.13. The summed E-state index contributed by atoms with van der Waals surface area (Å²) in [4.78, 5) is 24.5. The van der Waals surface area contributed by atoms with Crippen LogP contribution in [0.3, 0.4) is 0 Å². The smallest absolute Gasteiger partial charge is 0.317 e. The molecule has 0 bridgehead atoms. The molecule has 0 aromatic heterocycles. The first-order chi connectivity index (χ1) is 8.35. The summed E-state index contributed by atoms with van der Waals surface area (Å²) in [6.45, 7) is 5.04. The van der Waals surface area contributed by atoms with Gasteiger partial charge in [0.1, 0.15) is 0 Å². The molecular weight excluding hydrogens is 236 g/mol. The van der Waals surface area contributed by atoms with Crippen molar-refractivity contribution in [2.45, 2.75) is 32.2 Å². The Morgan fingerprint density at radius 1 is 1.50 bits per heavy atom. The van der Waals surface area contributed by atoms with Gasteiger partial charge in [0.25, 0.3) is 0 Å². The zero-order valence-corrected chi connectivity index (χ0v) is 11.2. The SMILES string of the molecule is COCC(C)(C)NC(=O)N1CCC[C@@H](C(=O)O)C1. The normalized spacial score (nSPS) is 20.6. The third kappa shape index (κ3) is 4.18. The molecule has 1 saturated heterocycles. The molecule has 6 nitrogen and oxygen atoms in total. The van der Waals surface area contributed by atoms with Gasteiger partial charge in [0.05, 0.1) is 18.1 Å². The van der Waals surface area contributed by atoms with E-state index >= 15 is 0 Å². The van der Waals surface area contributed by atoms with Gasteiger partial charge in [-0.2, -0.15) is 0 Å². The van der Waals surface area contributed by atoms with Crippen LogP contribution in [0, 0.1) is 5.92 Å². The van der Waals surface area contributed by atoms with Crippen LogP contribution in [-0.2, 0) is 9.53 Å². The molecule has 6 heteroatoms. The number of nitrogens with zero attached hydrogens (tertiary/aromatic N) is 1. The highest BCUT2D eigenvalue weighted by Crippen LogP contribution is 2.17. The number of ether oxygens (including phenoxy) is 1. The minimum Gasteiger partial charge on any atom is -0.481 e. The number of likely N-dealkylation sites (tertiary alicyclic amines) is 1. The van der Waals surface area contributed by atoms with E-state index in [-0.39, 0.29) is 12.6 Å². The highest BCUT2D eigenvalue weighted by Gasteiger charge is 2.30. The van der Waals surface area contributed by atoms with Gasteiger partial charge in [-0.25, -0.2) is 4.79 Å². The summed E-state index contributed by atoms with van der Waals surface area (Å²) in [5.41, 5.74) is -0.456. The lowest BCUT2D eigenvalue weighted by Crippen LogP contribution is -2.54. The van der Waals surface area contributed by atoms with Crippen molar-refractivity contribution in [2.75, 3.05) is 26.8 Å². The van der Waals surface area contributed by atoms with Crippen molar-refractivity contribution in [3.8, 4) is 0 Å². The van der Waals surface area contributed by atoms with E-state index < -0.39 is 17.4 Å². The predicted octanol–water partition coefficient (Wildman–Crippen LogP) is 0.918. The highest BCUT2D eigenvalue weighted by molar-refractivity contribution is 5.77. The summed E-state index contributed by atoms with van der Waals surface area (Å²) in [5, 5.41) is 11.8. The number of carboxylic acid groups (broad SMARTS) is 1. The van der Waals surface area contributed by atoms with Crippen molar-refractivity contribution in [2.24, 2.45) is 5.92 Å². The van der Waals surface area contributed by atoms with Crippen LogP contribution in [0.4, 0.5) is 4.79 Å². The number of nitrogens with one attached hydrogen (secondary N) is 1. The number of aliphatic carboxylic acids is 1. The van der Waals surface area contributed by atoms with Crippen molar-refractivity contribution < 1.29 is 19.4 Å². The Labute approximate surface area is 107 Å². The second-order valence-corrected chi connectivity index (χ2v) is 5.37. The van der Waals surface area contributed by atoms with E-state index in [1.807, 2.05) is 13.8 Å². The number of carboxylic acids is 1. The van der Waals surface area contributed by atoms with Crippen molar-refractivity contribution in [3.63, 3.8) is 0 Å². The van der Waals surface area contributed by atoms with E-state index in [0.29, 0.717) is 19.6 Å². The standard InChI is InChI=1S/C12H22N2O4/c1-12(2,8-18-3)13-11(17)14-6-4-5-9(7-14)10(15)16/h9H,4-8H2,1-3H3,(H,13,17)(H,15,16)/t9-/m1/s1. The molecule has 18 heavy (non-hydrogen) atoms. The van der Waals surface area contributed by atoms with Gasteiger partial charge in [0, 0.05) is 20.2 Å². The van der Waals surface area contributed by atoms with Gasteiger partial charge >= 0.3 is 12.0 Å². The predicted molar refractivity (Wildman–Crippen MR) is 66.4 cm³/mol. The molecule has 2 N–H and O–H groups in total. The van der Waals surface area contributed by atoms with Gasteiger partial charge in [-0.05, 0) is 26.7 Å². The molecule has 0 saturated carbocycles. The minimum atomic E-state index is -0.830. The zero-order valence-electron chi connectivity index (χ0n) is 11.2. The third-order valence-electron chi connectivity index (χ3n) is 3.01. The quantitative estimate of drug-likeness (QED) is 0.786. The Morgan fingerprint density at radius 3 is 2.72 bits per heavy atom. The fraction of sp³-hybridized carbons (Fsp3) is 0.833. The lowest BCUT2D eigenvalue weighted by atomic mass is 9.98. The monoisotopic (exact) mass is 258 g/mol. The van der Waals surface area contributed by atoms with Crippen LogP contribution < -0.4 is 5.32 Å². The van der Waals surface area contributed by atoms with Crippen LogP contribution in [0.1, 0.15) is 26.7 Å². The number of carbonyl (C=O) groups excluding carboxylic acids is 1. The van der Waals surface area contributed by atoms with E-state index in [1.54, 1.807) is 12.0 Å². The van der Waals surface area contributed by atoms with Crippen LogP contribution in [0.25, 0.3) is 0 Å². The molecule has 0 aromatic rings. The van der Waals surface area contributed by atoms with E-state index in [0.717, 1.165) is 6.42 Å². The third-order valence-corrected chi connectivity index (χ3v) is 3.01. The Kier molecular flexibility index (Phi) is 4.95. The van der Waals surface area contributed by atoms with Crippen molar-refractivity contribution in [3.05, 3.63) is 0 Å². The molecule has 1 atom stereocenters. The van der Waals surface area contributed by atoms with Gasteiger partial charge in [-0.15, -0.1) is 0 Å². The first-order valence-corrected chi connectivity index (χ1v) is 6.14. The maximum atomic E-state index is 12.0. The van der Waals surface area contributed by atoms with Crippen LogP contribution >= 0.6 is 0 Å². The van der Waals surface area contributed by atoms with Crippen molar-refractivity contribution in [1.82, 2.24) is 10.2 Å². The summed E-state index contributed by atoms with van der Waals surface area (Å²) >= 11 is 0. The average Bonchev–Trinajstić information content (AvgIpc) is 2.28. The molecule has 0 spiro atoms. The van der Waals surface area contributed by atoms with Gasteiger partial charge in [-0.3, -0.25) is 4.79 Å². The Hall–Kier alpha value is -1.30. The lowest BCUT2D eigenvalue weighted by Gasteiger charge is -2.34. The molecule has 104 valence electrons. The van der Waals surface area contributed by atoms with Gasteiger partial charge < -0.3 is 20.1 Å². The fourth-order valence-corrected chi connectivity index (χ4v) is 2.13. The lowest BCUT2D eigenvalue weighted by molar-refractivity contribution is -0.143. The number of methoxy groups -OCH3 is 1. The van der Waals surface area contributed by atoms with E-state index in [9.17, 15) is 9.59 Å². The minimum absolute atomic E-state index is 0.219. The zero-order chi connectivity index (χ0) is 13.8. The van der Waals surface area contributed by atoms with Crippen LogP contribution in [0.2, 0.25) is 0 Å². The maximum absolute atomic E-state index is 12.0. The number of amides is 2. The summed E-state index contributed by atoms with van der Waals surface area (Å²) in [6.07, 6.45) is 1.37. The largest absolute Gasteiger partial charge is 0.481 e. The topological polar surface area (TPSA) is 78.9 Å². The first-order valence-electron chi connectivity index (χ1n) is 6.14. The number of hydrogen-bond acceptors (Lipinski definition) is 3. The van der Waals surface area contributed by atoms with Crippen molar-refractivity contribution in [1.29, 1.82) is 0 Å². The number of rotatable bonds is 4. The molecule has 0 aliphatic carbocycles. The van der Waals surface area contributed by atoms with Gasteiger partial charge in [0.2, 0.25) is 0 Å². The van der Waals surface area contributed by atoms with Crippen LogP contribution in [0.15, 0.2) is 0 Å². The maximum Gasteiger partial charge on any atom is 0.317 e. The summed E-state index contributed by atoms with van der Waals surface area (Å²) in [6, 6.07) is -0.219.